The fraction of sp³-hybridized carbons (Fsp3) is 0.125. The molecular formula is C24H22N2. The maximum atomic E-state index is 4.97. The van der Waals surface area contributed by atoms with Crippen molar-refractivity contribution in [2.24, 2.45) is 0 Å². The van der Waals surface area contributed by atoms with Crippen LogP contribution < -0.4 is 4.90 Å². The standard InChI is InChI=1S/C24H22N2/c1-26(21-13-6-3-7-14-21)18-22(19-10-4-2-5-11-19)24-17-16-20-12-8-9-15-23(20)25-24/h2-17,22H,18H2,1H3/t22-/m0/s1. The number of rotatable bonds is 5. The molecule has 1 aromatic heterocycles. The van der Waals surface area contributed by atoms with E-state index in [1.54, 1.807) is 0 Å². The van der Waals surface area contributed by atoms with Crippen LogP contribution in [0.5, 0.6) is 0 Å². The van der Waals surface area contributed by atoms with Gasteiger partial charge >= 0.3 is 0 Å². The molecule has 0 aliphatic rings. The number of nitrogens with zero attached hydrogens (tertiary/aromatic N) is 2. The van der Waals surface area contributed by atoms with Gasteiger partial charge in [-0.3, -0.25) is 4.98 Å². The number of anilines is 1. The smallest absolute Gasteiger partial charge is 0.0705 e. The highest BCUT2D eigenvalue weighted by Gasteiger charge is 2.18. The molecule has 0 saturated heterocycles. The summed E-state index contributed by atoms with van der Waals surface area (Å²) in [5, 5.41) is 1.18. The van der Waals surface area contributed by atoms with Gasteiger partial charge in [0, 0.05) is 30.6 Å². The summed E-state index contributed by atoms with van der Waals surface area (Å²) < 4.78 is 0. The van der Waals surface area contributed by atoms with Crippen LogP contribution in [0.3, 0.4) is 0 Å². The molecule has 0 aliphatic heterocycles. The SMILES string of the molecule is CN(C[C@@H](c1ccccc1)c1ccc2ccccc2n1)c1ccccc1. The second kappa shape index (κ2) is 7.40. The van der Waals surface area contributed by atoms with Gasteiger partial charge in [-0.25, -0.2) is 0 Å². The summed E-state index contributed by atoms with van der Waals surface area (Å²) in [5.74, 6) is 0.214. The molecule has 2 heteroatoms. The Morgan fingerprint density at radius 3 is 2.15 bits per heavy atom. The van der Waals surface area contributed by atoms with Crippen molar-refractivity contribution in [1.29, 1.82) is 0 Å². The zero-order chi connectivity index (χ0) is 17.8. The minimum atomic E-state index is 0.214. The highest BCUT2D eigenvalue weighted by molar-refractivity contribution is 5.78. The summed E-state index contributed by atoms with van der Waals surface area (Å²) in [6, 6.07) is 33.8. The van der Waals surface area contributed by atoms with Crippen LogP contribution in [0, 0.1) is 0 Å². The van der Waals surface area contributed by atoms with Gasteiger partial charge in [0.05, 0.1) is 11.2 Å². The molecule has 0 radical (unpaired) electrons. The average Bonchev–Trinajstić information content (AvgIpc) is 2.73. The second-order valence-corrected chi connectivity index (χ2v) is 6.61. The molecule has 0 amide bonds. The molecule has 0 fully saturated rings. The molecule has 3 aromatic carbocycles. The fourth-order valence-corrected chi connectivity index (χ4v) is 3.39. The van der Waals surface area contributed by atoms with Crippen LogP contribution in [-0.4, -0.2) is 18.6 Å². The molecule has 1 atom stereocenters. The van der Waals surface area contributed by atoms with Gasteiger partial charge in [-0.1, -0.05) is 72.8 Å². The zero-order valence-corrected chi connectivity index (χ0v) is 14.9. The van der Waals surface area contributed by atoms with E-state index in [-0.39, 0.29) is 5.92 Å². The molecule has 0 unspecified atom stereocenters. The Labute approximate surface area is 154 Å². The molecule has 4 aromatic rings. The number of likely N-dealkylation sites (N-methyl/N-ethyl adjacent to an activating group) is 1. The van der Waals surface area contributed by atoms with Crippen LogP contribution in [0.4, 0.5) is 5.69 Å². The number of pyridine rings is 1. The number of hydrogen-bond acceptors (Lipinski definition) is 2. The third kappa shape index (κ3) is 3.45. The Morgan fingerprint density at radius 2 is 1.38 bits per heavy atom. The molecule has 26 heavy (non-hydrogen) atoms. The third-order valence-corrected chi connectivity index (χ3v) is 4.83. The largest absolute Gasteiger partial charge is 0.374 e. The van der Waals surface area contributed by atoms with Crippen molar-refractivity contribution >= 4 is 16.6 Å². The van der Waals surface area contributed by atoms with Gasteiger partial charge in [-0.15, -0.1) is 0 Å². The van der Waals surface area contributed by atoms with E-state index in [0.29, 0.717) is 0 Å². The first-order chi connectivity index (χ1) is 12.8. The molecule has 0 aliphatic carbocycles. The van der Waals surface area contributed by atoms with Gasteiger partial charge in [-0.05, 0) is 29.8 Å². The topological polar surface area (TPSA) is 16.1 Å². The molecule has 1 heterocycles. The summed E-state index contributed by atoms with van der Waals surface area (Å²) in [6.45, 7) is 0.874. The first-order valence-corrected chi connectivity index (χ1v) is 8.98. The number of fused-ring (bicyclic) bond motifs is 1. The molecule has 0 bridgehead atoms. The van der Waals surface area contributed by atoms with Gasteiger partial charge < -0.3 is 4.90 Å². The lowest BCUT2D eigenvalue weighted by atomic mass is 9.94. The molecule has 0 N–H and O–H groups in total. The Morgan fingerprint density at radius 1 is 0.731 bits per heavy atom. The van der Waals surface area contributed by atoms with Gasteiger partial charge in [-0.2, -0.15) is 0 Å². The van der Waals surface area contributed by atoms with E-state index in [2.05, 4.69) is 103 Å². The van der Waals surface area contributed by atoms with E-state index >= 15 is 0 Å². The normalized spacial score (nSPS) is 12.0. The monoisotopic (exact) mass is 338 g/mol. The van der Waals surface area contributed by atoms with Gasteiger partial charge in [0.25, 0.3) is 0 Å². The van der Waals surface area contributed by atoms with Crippen LogP contribution >= 0.6 is 0 Å². The van der Waals surface area contributed by atoms with Crippen LogP contribution in [0.25, 0.3) is 10.9 Å². The van der Waals surface area contributed by atoms with Gasteiger partial charge in [0.2, 0.25) is 0 Å². The van der Waals surface area contributed by atoms with Crippen molar-refractivity contribution in [3.05, 3.63) is 108 Å². The fourth-order valence-electron chi connectivity index (χ4n) is 3.39. The minimum Gasteiger partial charge on any atom is -0.374 e. The molecule has 2 nitrogen and oxygen atoms in total. The van der Waals surface area contributed by atoms with Crippen LogP contribution in [0.2, 0.25) is 0 Å². The Kier molecular flexibility index (Phi) is 4.65. The summed E-state index contributed by atoms with van der Waals surface area (Å²) in [4.78, 5) is 7.27. The lowest BCUT2D eigenvalue weighted by Gasteiger charge is -2.26. The van der Waals surface area contributed by atoms with Crippen LogP contribution in [0.15, 0.2) is 97.1 Å². The number of para-hydroxylation sites is 2. The number of aromatic nitrogens is 1. The van der Waals surface area contributed by atoms with Crippen LogP contribution in [0.1, 0.15) is 17.2 Å². The van der Waals surface area contributed by atoms with E-state index in [1.807, 2.05) is 6.07 Å². The van der Waals surface area contributed by atoms with Crippen molar-refractivity contribution in [3.8, 4) is 0 Å². The zero-order valence-electron chi connectivity index (χ0n) is 14.9. The molecule has 128 valence electrons. The average molecular weight is 338 g/mol. The third-order valence-electron chi connectivity index (χ3n) is 4.83. The summed E-state index contributed by atoms with van der Waals surface area (Å²) >= 11 is 0. The molecular weight excluding hydrogens is 316 g/mol. The maximum Gasteiger partial charge on any atom is 0.0705 e. The van der Waals surface area contributed by atoms with Crippen molar-refractivity contribution in [2.45, 2.75) is 5.92 Å². The Bertz CT molecular complexity index is 980. The first-order valence-electron chi connectivity index (χ1n) is 8.98. The van der Waals surface area contributed by atoms with E-state index in [1.165, 1.54) is 16.6 Å². The molecule has 0 saturated carbocycles. The van der Waals surface area contributed by atoms with E-state index in [9.17, 15) is 0 Å². The molecule has 0 spiro atoms. The van der Waals surface area contributed by atoms with Crippen molar-refractivity contribution < 1.29 is 0 Å². The summed E-state index contributed by atoms with van der Waals surface area (Å²) in [7, 11) is 2.15. The lowest BCUT2D eigenvalue weighted by molar-refractivity contribution is 0.751. The summed E-state index contributed by atoms with van der Waals surface area (Å²) in [6.07, 6.45) is 0. The second-order valence-electron chi connectivity index (χ2n) is 6.61. The minimum absolute atomic E-state index is 0.214. The summed E-state index contributed by atoms with van der Waals surface area (Å²) in [5.41, 5.74) is 4.67. The van der Waals surface area contributed by atoms with E-state index in [0.717, 1.165) is 17.8 Å². The highest BCUT2D eigenvalue weighted by Crippen LogP contribution is 2.27. The quantitative estimate of drug-likeness (QED) is 0.477. The van der Waals surface area contributed by atoms with Crippen molar-refractivity contribution in [3.63, 3.8) is 0 Å². The van der Waals surface area contributed by atoms with Crippen molar-refractivity contribution in [1.82, 2.24) is 4.98 Å². The van der Waals surface area contributed by atoms with E-state index in [4.69, 9.17) is 4.98 Å². The first kappa shape index (κ1) is 16.3. The maximum absolute atomic E-state index is 4.97. The number of hydrogen-bond donors (Lipinski definition) is 0. The van der Waals surface area contributed by atoms with Crippen molar-refractivity contribution in [2.75, 3.05) is 18.5 Å². The predicted octanol–water partition coefficient (Wildman–Crippen LogP) is 5.50. The van der Waals surface area contributed by atoms with Gasteiger partial charge in [0.15, 0.2) is 0 Å². The Balaban J connectivity index is 1.73. The highest BCUT2D eigenvalue weighted by atomic mass is 15.1. The Hall–Kier alpha value is -3.13. The lowest BCUT2D eigenvalue weighted by Crippen LogP contribution is -2.25. The predicted molar refractivity (Wildman–Crippen MR) is 110 cm³/mol. The molecule has 4 rings (SSSR count). The van der Waals surface area contributed by atoms with Crippen LogP contribution in [-0.2, 0) is 0 Å². The number of benzene rings is 3. The van der Waals surface area contributed by atoms with E-state index < -0.39 is 0 Å². The van der Waals surface area contributed by atoms with Gasteiger partial charge in [0.1, 0.15) is 0 Å².